The first-order valence-electron chi connectivity index (χ1n) is 7.98. The second-order valence-electron chi connectivity index (χ2n) is 5.36. The van der Waals surface area contributed by atoms with E-state index in [9.17, 15) is 13.2 Å². The molecule has 0 bridgehead atoms. The van der Waals surface area contributed by atoms with Gasteiger partial charge in [-0.25, -0.2) is 4.99 Å². The van der Waals surface area contributed by atoms with Crippen molar-refractivity contribution in [1.29, 1.82) is 0 Å². The number of anilines is 1. The Hall–Kier alpha value is -2.57. The third kappa shape index (κ3) is 6.76. The van der Waals surface area contributed by atoms with E-state index in [1.54, 1.807) is 12.1 Å². The molecule has 7 nitrogen and oxygen atoms in total. The van der Waals surface area contributed by atoms with Gasteiger partial charge in [-0.1, -0.05) is 12.1 Å². The number of para-hydroxylation sites is 2. The molecule has 11 heteroatoms. The van der Waals surface area contributed by atoms with Crippen LogP contribution in [0.5, 0.6) is 23.0 Å². The van der Waals surface area contributed by atoms with Gasteiger partial charge in [0.05, 0.1) is 33.6 Å². The molecule has 2 aromatic carbocycles. The molecule has 0 amide bonds. The summed E-state index contributed by atoms with van der Waals surface area (Å²) in [4.78, 5) is 4.14. The predicted octanol–water partition coefficient (Wildman–Crippen LogP) is 4.16. The van der Waals surface area contributed by atoms with Crippen molar-refractivity contribution in [2.24, 2.45) is 10.7 Å². The highest BCUT2D eigenvalue weighted by Gasteiger charge is 2.32. The molecule has 2 rings (SSSR count). The molecule has 0 unspecified atom stereocenters. The first-order valence-corrected chi connectivity index (χ1v) is 7.98. The van der Waals surface area contributed by atoms with E-state index in [0.29, 0.717) is 22.8 Å². The smallest absolute Gasteiger partial charge is 0.493 e. The molecule has 0 spiro atoms. The van der Waals surface area contributed by atoms with E-state index < -0.39 is 12.1 Å². The van der Waals surface area contributed by atoms with E-state index in [1.165, 1.54) is 45.6 Å². The minimum atomic E-state index is -4.82. The Labute approximate surface area is 183 Å². The molecular formula is C18H21F3IN3O4. The van der Waals surface area contributed by atoms with Crippen LogP contribution < -0.4 is 30.0 Å². The minimum absolute atomic E-state index is 0. The van der Waals surface area contributed by atoms with Gasteiger partial charge in [0.1, 0.15) is 0 Å². The molecule has 160 valence electrons. The average molecular weight is 527 g/mol. The van der Waals surface area contributed by atoms with Gasteiger partial charge in [0.15, 0.2) is 23.2 Å². The maximum Gasteiger partial charge on any atom is 0.573 e. The first-order chi connectivity index (χ1) is 13.3. The Balaban J connectivity index is 0.00000420. The van der Waals surface area contributed by atoms with Crippen molar-refractivity contribution < 1.29 is 32.1 Å². The Morgan fingerprint density at radius 2 is 1.62 bits per heavy atom. The number of alkyl halides is 3. The summed E-state index contributed by atoms with van der Waals surface area (Å²) in [6.07, 6.45) is -4.82. The number of benzene rings is 2. The molecule has 0 saturated heterocycles. The van der Waals surface area contributed by atoms with Crippen molar-refractivity contribution >= 4 is 35.6 Å². The second-order valence-corrected chi connectivity index (χ2v) is 5.36. The Kier molecular flexibility index (Phi) is 9.14. The van der Waals surface area contributed by atoms with Crippen LogP contribution in [-0.2, 0) is 6.54 Å². The molecule has 2 aromatic rings. The molecule has 0 saturated carbocycles. The van der Waals surface area contributed by atoms with Gasteiger partial charge in [0, 0.05) is 5.56 Å². The summed E-state index contributed by atoms with van der Waals surface area (Å²) in [6.45, 7) is 0.0880. The van der Waals surface area contributed by atoms with Crippen molar-refractivity contribution in [3.63, 3.8) is 0 Å². The first kappa shape index (κ1) is 24.5. The fourth-order valence-corrected chi connectivity index (χ4v) is 2.42. The maximum absolute atomic E-state index is 12.5. The summed E-state index contributed by atoms with van der Waals surface area (Å²) in [5.41, 5.74) is 6.48. The molecule has 3 N–H and O–H groups in total. The summed E-state index contributed by atoms with van der Waals surface area (Å²) in [5, 5.41) is 2.60. The number of nitrogens with two attached hydrogens (primary N) is 1. The molecule has 0 aromatic heterocycles. The van der Waals surface area contributed by atoms with Gasteiger partial charge in [0.2, 0.25) is 5.75 Å². The number of hydrogen-bond donors (Lipinski definition) is 2. The zero-order chi connectivity index (χ0) is 20.7. The Bertz CT molecular complexity index is 848. The van der Waals surface area contributed by atoms with Crippen molar-refractivity contribution in [2.75, 3.05) is 26.6 Å². The van der Waals surface area contributed by atoms with Gasteiger partial charge >= 0.3 is 6.36 Å². The summed E-state index contributed by atoms with van der Waals surface area (Å²) in [6, 6.07) is 8.91. The van der Waals surface area contributed by atoms with Crippen LogP contribution in [0.1, 0.15) is 5.56 Å². The summed E-state index contributed by atoms with van der Waals surface area (Å²) >= 11 is 0. The fourth-order valence-electron chi connectivity index (χ4n) is 2.42. The van der Waals surface area contributed by atoms with Crippen LogP contribution in [0.25, 0.3) is 0 Å². The third-order valence-corrected chi connectivity index (χ3v) is 3.58. The number of rotatable bonds is 7. The van der Waals surface area contributed by atoms with Crippen molar-refractivity contribution in [3.05, 3.63) is 42.0 Å². The number of ether oxygens (including phenoxy) is 4. The van der Waals surface area contributed by atoms with Gasteiger partial charge < -0.3 is 30.0 Å². The van der Waals surface area contributed by atoms with Crippen LogP contribution >= 0.6 is 24.0 Å². The van der Waals surface area contributed by atoms with Gasteiger partial charge in [0.25, 0.3) is 0 Å². The number of guanidine groups is 1. The van der Waals surface area contributed by atoms with Crippen LogP contribution in [0.15, 0.2) is 41.4 Å². The number of aliphatic imine (C=N–C) groups is 1. The van der Waals surface area contributed by atoms with E-state index >= 15 is 0 Å². The van der Waals surface area contributed by atoms with Crippen LogP contribution in [0.3, 0.4) is 0 Å². The quantitative estimate of drug-likeness (QED) is 0.320. The zero-order valence-electron chi connectivity index (χ0n) is 15.9. The highest BCUT2D eigenvalue weighted by atomic mass is 127. The lowest BCUT2D eigenvalue weighted by Gasteiger charge is -2.15. The largest absolute Gasteiger partial charge is 0.573 e. The zero-order valence-corrected chi connectivity index (χ0v) is 18.2. The number of nitrogens with zero attached hydrogens (tertiary/aromatic N) is 1. The molecule has 0 fully saturated rings. The normalized spacial score (nSPS) is 11.3. The number of nitrogens with one attached hydrogen (secondary N) is 1. The van der Waals surface area contributed by atoms with Crippen molar-refractivity contribution in [3.8, 4) is 23.0 Å². The highest BCUT2D eigenvalue weighted by molar-refractivity contribution is 14.0. The van der Waals surface area contributed by atoms with Crippen molar-refractivity contribution in [1.82, 2.24) is 0 Å². The van der Waals surface area contributed by atoms with Gasteiger partial charge in [-0.3, -0.25) is 0 Å². The van der Waals surface area contributed by atoms with Gasteiger partial charge in [-0.2, -0.15) is 0 Å². The van der Waals surface area contributed by atoms with Gasteiger partial charge in [-0.15, -0.1) is 37.1 Å². The standard InChI is InChI=1S/C18H20F3N3O4.HI/c1-25-14-9-8-11(15(26-2)16(14)27-3)10-23-17(22)24-12-6-4-5-7-13(12)28-18(19,20)21;/h4-9H,10H2,1-3H3,(H3,22,23,24);1H. The number of halogens is 4. The number of hydrogen-bond acceptors (Lipinski definition) is 5. The average Bonchev–Trinajstić information content (AvgIpc) is 2.65. The van der Waals surface area contributed by atoms with Crippen LogP contribution in [0, 0.1) is 0 Å². The SMILES string of the molecule is COc1ccc(CN=C(N)Nc2ccccc2OC(F)(F)F)c(OC)c1OC.I. The predicted molar refractivity (Wildman–Crippen MR) is 114 cm³/mol. The minimum Gasteiger partial charge on any atom is -0.493 e. The molecule has 0 radical (unpaired) electrons. The van der Waals surface area contributed by atoms with Crippen molar-refractivity contribution in [2.45, 2.75) is 12.9 Å². The van der Waals surface area contributed by atoms with E-state index in [4.69, 9.17) is 19.9 Å². The fraction of sp³-hybridized carbons (Fsp3) is 0.278. The summed E-state index contributed by atoms with van der Waals surface area (Å²) in [5.74, 6) is 0.774. The Morgan fingerprint density at radius 1 is 0.966 bits per heavy atom. The molecular weight excluding hydrogens is 506 g/mol. The van der Waals surface area contributed by atoms with E-state index in [-0.39, 0.29) is 42.2 Å². The number of methoxy groups -OCH3 is 3. The molecule has 0 aliphatic rings. The van der Waals surface area contributed by atoms with Crippen LogP contribution in [0.4, 0.5) is 18.9 Å². The van der Waals surface area contributed by atoms with E-state index in [1.807, 2.05) is 0 Å². The third-order valence-electron chi connectivity index (χ3n) is 3.58. The second kappa shape index (κ2) is 10.8. The molecule has 29 heavy (non-hydrogen) atoms. The van der Waals surface area contributed by atoms with E-state index in [2.05, 4.69) is 15.0 Å². The lowest BCUT2D eigenvalue weighted by Crippen LogP contribution is -2.24. The molecule has 0 aliphatic carbocycles. The lowest BCUT2D eigenvalue weighted by atomic mass is 10.1. The van der Waals surface area contributed by atoms with Crippen LogP contribution in [0.2, 0.25) is 0 Å². The molecule has 0 heterocycles. The van der Waals surface area contributed by atoms with Gasteiger partial charge in [-0.05, 0) is 24.3 Å². The maximum atomic E-state index is 12.5. The molecule has 0 atom stereocenters. The lowest BCUT2D eigenvalue weighted by molar-refractivity contribution is -0.274. The Morgan fingerprint density at radius 3 is 2.21 bits per heavy atom. The monoisotopic (exact) mass is 527 g/mol. The summed E-state index contributed by atoms with van der Waals surface area (Å²) in [7, 11) is 4.44. The topological polar surface area (TPSA) is 87.3 Å². The van der Waals surface area contributed by atoms with E-state index in [0.717, 1.165) is 0 Å². The summed E-state index contributed by atoms with van der Waals surface area (Å²) < 4.78 is 57.3. The highest BCUT2D eigenvalue weighted by Crippen LogP contribution is 2.40. The van der Waals surface area contributed by atoms with Crippen LogP contribution in [-0.4, -0.2) is 33.7 Å². The molecule has 0 aliphatic heterocycles.